The van der Waals surface area contributed by atoms with Gasteiger partial charge in [-0.15, -0.1) is 0 Å². The Kier molecular flexibility index (Phi) is 4.10. The third kappa shape index (κ3) is 3.00. The lowest BCUT2D eigenvalue weighted by atomic mass is 10.1. The van der Waals surface area contributed by atoms with Gasteiger partial charge in [0, 0.05) is 11.1 Å². The first-order chi connectivity index (χ1) is 9.49. The molecule has 0 saturated carbocycles. The first-order valence-corrected chi connectivity index (χ1v) is 6.36. The van der Waals surface area contributed by atoms with Crippen molar-refractivity contribution < 1.29 is 9.18 Å². The number of anilines is 1. The van der Waals surface area contributed by atoms with Crippen LogP contribution in [0.5, 0.6) is 0 Å². The quantitative estimate of drug-likeness (QED) is 0.854. The zero-order chi connectivity index (χ0) is 14.7. The lowest BCUT2D eigenvalue weighted by Gasteiger charge is -2.10. The van der Waals surface area contributed by atoms with E-state index in [-0.39, 0.29) is 10.7 Å². The second-order valence-electron chi connectivity index (χ2n) is 4.33. The molecule has 0 spiro atoms. The van der Waals surface area contributed by atoms with E-state index >= 15 is 0 Å². The van der Waals surface area contributed by atoms with E-state index in [1.807, 2.05) is 0 Å². The van der Waals surface area contributed by atoms with Gasteiger partial charge in [-0.25, -0.2) is 4.39 Å². The third-order valence-electron chi connectivity index (χ3n) is 2.87. The van der Waals surface area contributed by atoms with Crippen LogP contribution < -0.4 is 11.1 Å². The minimum Gasteiger partial charge on any atom is -0.389 e. The van der Waals surface area contributed by atoms with Crippen LogP contribution in [0.25, 0.3) is 0 Å². The molecule has 3 nitrogen and oxygen atoms in total. The molecule has 0 unspecified atom stereocenters. The number of aryl methyl sites for hydroxylation is 1. The summed E-state index contributed by atoms with van der Waals surface area (Å²) in [5.74, 6) is -0.875. The summed E-state index contributed by atoms with van der Waals surface area (Å²) in [4.78, 5) is 12.3. The van der Waals surface area contributed by atoms with Crippen molar-refractivity contribution >= 4 is 28.8 Å². The van der Waals surface area contributed by atoms with Gasteiger partial charge in [-0.2, -0.15) is 0 Å². The van der Waals surface area contributed by atoms with Crippen molar-refractivity contribution in [2.24, 2.45) is 5.73 Å². The largest absolute Gasteiger partial charge is 0.389 e. The van der Waals surface area contributed by atoms with Crippen LogP contribution in [0.1, 0.15) is 21.5 Å². The molecule has 2 aromatic rings. The van der Waals surface area contributed by atoms with Crippen molar-refractivity contribution in [1.29, 1.82) is 0 Å². The zero-order valence-corrected chi connectivity index (χ0v) is 11.6. The van der Waals surface area contributed by atoms with Gasteiger partial charge in [0.25, 0.3) is 5.91 Å². The average Bonchev–Trinajstić information content (AvgIpc) is 2.43. The Morgan fingerprint density at radius 3 is 2.50 bits per heavy atom. The third-order valence-corrected chi connectivity index (χ3v) is 3.11. The van der Waals surface area contributed by atoms with Crippen LogP contribution in [0.15, 0.2) is 42.5 Å². The maximum Gasteiger partial charge on any atom is 0.255 e. The highest BCUT2D eigenvalue weighted by Gasteiger charge is 2.12. The summed E-state index contributed by atoms with van der Waals surface area (Å²) >= 11 is 4.87. The average molecular weight is 288 g/mol. The summed E-state index contributed by atoms with van der Waals surface area (Å²) < 4.78 is 13.7. The minimum atomic E-state index is -0.469. The maximum atomic E-state index is 13.7. The van der Waals surface area contributed by atoms with Crippen LogP contribution in [-0.4, -0.2) is 10.9 Å². The van der Waals surface area contributed by atoms with E-state index in [1.165, 1.54) is 6.07 Å². The molecule has 2 aromatic carbocycles. The Bertz CT molecular complexity index is 665. The van der Waals surface area contributed by atoms with Gasteiger partial charge in [0.2, 0.25) is 0 Å². The molecular weight excluding hydrogens is 275 g/mol. The fraction of sp³-hybridized carbons (Fsp3) is 0.0667. The predicted molar refractivity (Wildman–Crippen MR) is 81.4 cm³/mol. The number of para-hydroxylation sites is 1. The van der Waals surface area contributed by atoms with Gasteiger partial charge in [0.05, 0.1) is 5.69 Å². The van der Waals surface area contributed by atoms with E-state index in [0.717, 1.165) is 0 Å². The summed E-state index contributed by atoms with van der Waals surface area (Å²) in [6.07, 6.45) is 0. The van der Waals surface area contributed by atoms with Crippen molar-refractivity contribution in [1.82, 2.24) is 0 Å². The van der Waals surface area contributed by atoms with Gasteiger partial charge in [0.15, 0.2) is 0 Å². The summed E-state index contributed by atoms with van der Waals surface area (Å²) in [6.45, 7) is 1.73. The molecule has 0 atom stereocenters. The lowest BCUT2D eigenvalue weighted by molar-refractivity contribution is 0.102. The number of nitrogens with one attached hydrogen (secondary N) is 1. The number of hydrogen-bond acceptors (Lipinski definition) is 2. The van der Waals surface area contributed by atoms with Crippen LogP contribution in [0.2, 0.25) is 0 Å². The Labute approximate surface area is 121 Å². The Hall–Kier alpha value is -2.27. The van der Waals surface area contributed by atoms with E-state index < -0.39 is 11.7 Å². The number of halogens is 1. The van der Waals surface area contributed by atoms with Crippen molar-refractivity contribution in [2.75, 3.05) is 5.32 Å². The number of rotatable bonds is 3. The fourth-order valence-electron chi connectivity index (χ4n) is 1.79. The maximum absolute atomic E-state index is 13.7. The minimum absolute atomic E-state index is 0.179. The Balaban J connectivity index is 2.29. The van der Waals surface area contributed by atoms with Crippen molar-refractivity contribution in [3.05, 3.63) is 65.0 Å². The summed E-state index contributed by atoms with van der Waals surface area (Å²) in [6, 6.07) is 11.2. The number of hydrogen-bond donors (Lipinski definition) is 2. The highest BCUT2D eigenvalue weighted by Crippen LogP contribution is 2.19. The van der Waals surface area contributed by atoms with E-state index in [1.54, 1.807) is 43.3 Å². The monoisotopic (exact) mass is 288 g/mol. The molecule has 1 amide bonds. The molecule has 3 N–H and O–H groups in total. The van der Waals surface area contributed by atoms with Crippen molar-refractivity contribution in [2.45, 2.75) is 6.92 Å². The molecule has 0 fully saturated rings. The number of carbonyl (C=O) groups excluding carboxylic acids is 1. The van der Waals surface area contributed by atoms with Gasteiger partial charge >= 0.3 is 0 Å². The topological polar surface area (TPSA) is 55.1 Å². The van der Waals surface area contributed by atoms with Crippen LogP contribution in [-0.2, 0) is 0 Å². The van der Waals surface area contributed by atoms with Crippen molar-refractivity contribution in [3.63, 3.8) is 0 Å². The van der Waals surface area contributed by atoms with Gasteiger partial charge in [-0.3, -0.25) is 4.79 Å². The standard InChI is InChI=1S/C15H13FN2OS/c1-9-4-2-7-12(16)13(9)18-15(19)11-6-3-5-10(8-11)14(17)20/h2-8H,1H3,(H2,17,20)(H,18,19). The molecule has 0 aliphatic heterocycles. The number of benzene rings is 2. The van der Waals surface area contributed by atoms with Crippen LogP contribution in [0.3, 0.4) is 0 Å². The first-order valence-electron chi connectivity index (χ1n) is 5.95. The summed E-state index contributed by atoms with van der Waals surface area (Å²) in [7, 11) is 0. The first kappa shape index (κ1) is 14.1. The normalized spacial score (nSPS) is 10.1. The molecule has 0 aliphatic carbocycles. The molecule has 0 aliphatic rings. The Morgan fingerprint density at radius 2 is 1.85 bits per heavy atom. The van der Waals surface area contributed by atoms with Crippen molar-refractivity contribution in [3.8, 4) is 0 Å². The van der Waals surface area contributed by atoms with E-state index in [2.05, 4.69) is 5.32 Å². The molecule has 0 radical (unpaired) electrons. The van der Waals surface area contributed by atoms with Gasteiger partial charge < -0.3 is 11.1 Å². The number of thiocarbonyl (C=S) groups is 1. The van der Waals surface area contributed by atoms with E-state index in [9.17, 15) is 9.18 Å². The molecule has 0 aromatic heterocycles. The highest BCUT2D eigenvalue weighted by molar-refractivity contribution is 7.80. The fourth-order valence-corrected chi connectivity index (χ4v) is 1.92. The molecule has 20 heavy (non-hydrogen) atoms. The van der Waals surface area contributed by atoms with Gasteiger partial charge in [-0.05, 0) is 30.7 Å². The molecule has 2 rings (SSSR count). The number of nitrogens with two attached hydrogens (primary N) is 1. The van der Waals surface area contributed by atoms with Crippen LogP contribution >= 0.6 is 12.2 Å². The molecular formula is C15H13FN2OS. The lowest BCUT2D eigenvalue weighted by Crippen LogP contribution is -2.16. The second-order valence-corrected chi connectivity index (χ2v) is 4.77. The second kappa shape index (κ2) is 5.79. The summed E-state index contributed by atoms with van der Waals surface area (Å²) in [5, 5.41) is 2.56. The number of amides is 1. The Morgan fingerprint density at radius 1 is 1.20 bits per heavy atom. The molecule has 0 bridgehead atoms. The van der Waals surface area contributed by atoms with Crippen LogP contribution in [0, 0.1) is 12.7 Å². The molecule has 0 heterocycles. The zero-order valence-electron chi connectivity index (χ0n) is 10.8. The SMILES string of the molecule is Cc1cccc(F)c1NC(=O)c1cccc(C(N)=S)c1. The summed E-state index contributed by atoms with van der Waals surface area (Å²) in [5.41, 5.74) is 7.33. The van der Waals surface area contributed by atoms with Gasteiger partial charge in [-0.1, -0.05) is 36.5 Å². The number of carbonyl (C=O) groups is 1. The van der Waals surface area contributed by atoms with E-state index in [0.29, 0.717) is 16.7 Å². The van der Waals surface area contributed by atoms with E-state index in [4.69, 9.17) is 18.0 Å². The smallest absolute Gasteiger partial charge is 0.255 e. The molecule has 5 heteroatoms. The van der Waals surface area contributed by atoms with Gasteiger partial charge in [0.1, 0.15) is 10.8 Å². The highest BCUT2D eigenvalue weighted by atomic mass is 32.1. The molecule has 0 saturated heterocycles. The van der Waals surface area contributed by atoms with Crippen LogP contribution in [0.4, 0.5) is 10.1 Å². The predicted octanol–water partition coefficient (Wildman–Crippen LogP) is 3.02. The molecule has 102 valence electrons.